The number of carbonyl (C=O) groups is 1. The summed E-state index contributed by atoms with van der Waals surface area (Å²) in [7, 11) is 0. The van der Waals surface area contributed by atoms with Crippen LogP contribution in [0.25, 0.3) is 16.9 Å². The Bertz CT molecular complexity index is 1350. The van der Waals surface area contributed by atoms with Crippen molar-refractivity contribution in [3.8, 4) is 5.82 Å². The lowest BCUT2D eigenvalue weighted by atomic mass is 9.82. The fourth-order valence-electron chi connectivity index (χ4n) is 6.61. The molecule has 42 heavy (non-hydrogen) atoms. The molecule has 2 saturated heterocycles. The van der Waals surface area contributed by atoms with E-state index >= 15 is 0 Å². The Hall–Kier alpha value is -3.18. The van der Waals surface area contributed by atoms with Gasteiger partial charge < -0.3 is 20.3 Å². The van der Waals surface area contributed by atoms with Crippen molar-refractivity contribution in [2.45, 2.75) is 70.3 Å². The molecule has 0 radical (unpaired) electrons. The number of halogens is 2. The second kappa shape index (κ2) is 13.4. The van der Waals surface area contributed by atoms with Gasteiger partial charge in [-0.1, -0.05) is 18.6 Å². The number of ether oxygens (including phenoxy) is 1. The molecular formula is C31H41F2N7O2. The summed E-state index contributed by atoms with van der Waals surface area (Å²) in [6.07, 6.45) is 6.37. The molecule has 9 nitrogen and oxygen atoms in total. The smallest absolute Gasteiger partial charge is 0.296 e. The zero-order valence-corrected chi connectivity index (χ0v) is 24.1. The molecule has 0 spiro atoms. The lowest BCUT2D eigenvalue weighted by Crippen LogP contribution is -2.45. The minimum atomic E-state index is -2.73. The molecule has 2 N–H and O–H groups in total. The van der Waals surface area contributed by atoms with Crippen LogP contribution in [0.3, 0.4) is 0 Å². The maximum Gasteiger partial charge on any atom is 0.296 e. The maximum atomic E-state index is 14.1. The van der Waals surface area contributed by atoms with Crippen LogP contribution in [0.5, 0.6) is 0 Å². The van der Waals surface area contributed by atoms with Crippen molar-refractivity contribution in [2.75, 3.05) is 44.3 Å². The highest BCUT2D eigenvalue weighted by Gasteiger charge is 2.27. The van der Waals surface area contributed by atoms with E-state index in [2.05, 4.69) is 20.5 Å². The van der Waals surface area contributed by atoms with Gasteiger partial charge in [0.15, 0.2) is 5.82 Å². The average molecular weight is 582 g/mol. The third kappa shape index (κ3) is 6.72. The number of aryl methyl sites for hydroxylation is 1. The molecular weight excluding hydrogens is 540 g/mol. The molecule has 0 unspecified atom stereocenters. The van der Waals surface area contributed by atoms with Gasteiger partial charge >= 0.3 is 0 Å². The second-order valence-electron chi connectivity index (χ2n) is 11.9. The molecule has 2 aromatic heterocycles. The highest BCUT2D eigenvalue weighted by Crippen LogP contribution is 2.31. The minimum absolute atomic E-state index is 0.105. The number of aromatic nitrogens is 4. The quantitative estimate of drug-likeness (QED) is 0.382. The Labute approximate surface area is 245 Å². The van der Waals surface area contributed by atoms with Crippen LogP contribution in [0, 0.1) is 11.8 Å². The van der Waals surface area contributed by atoms with Gasteiger partial charge in [-0.05, 0) is 76.0 Å². The molecule has 1 amide bonds. The number of piperidine rings is 1. The number of nitrogens with zero attached hydrogens (tertiary/aromatic N) is 5. The molecule has 0 bridgehead atoms. The molecule has 2 aliphatic heterocycles. The number of nitrogens with one attached hydrogen (secondary N) is 2. The second-order valence-corrected chi connectivity index (χ2v) is 11.9. The van der Waals surface area contributed by atoms with E-state index in [9.17, 15) is 13.6 Å². The zero-order valence-electron chi connectivity index (χ0n) is 24.1. The van der Waals surface area contributed by atoms with Crippen LogP contribution < -0.4 is 15.5 Å². The Balaban J connectivity index is 1.12. The summed E-state index contributed by atoms with van der Waals surface area (Å²) in [5, 5.41) is 6.63. The van der Waals surface area contributed by atoms with E-state index in [0.717, 1.165) is 76.6 Å². The van der Waals surface area contributed by atoms with Gasteiger partial charge in [-0.3, -0.25) is 9.36 Å². The first-order valence-electron chi connectivity index (χ1n) is 15.5. The molecule has 11 heteroatoms. The van der Waals surface area contributed by atoms with Gasteiger partial charge in [0.1, 0.15) is 5.82 Å². The van der Waals surface area contributed by atoms with E-state index in [1.165, 1.54) is 4.57 Å². The topological polar surface area (TPSA) is 97.2 Å². The van der Waals surface area contributed by atoms with Crippen molar-refractivity contribution in [1.29, 1.82) is 0 Å². The summed E-state index contributed by atoms with van der Waals surface area (Å²) in [5.41, 5.74) is 1.97. The van der Waals surface area contributed by atoms with Gasteiger partial charge in [-0.2, -0.15) is 4.98 Å². The van der Waals surface area contributed by atoms with Gasteiger partial charge in [0.2, 0.25) is 11.9 Å². The average Bonchev–Trinajstić information content (AvgIpc) is 3.43. The number of alkyl halides is 2. The fourth-order valence-corrected chi connectivity index (χ4v) is 6.61. The van der Waals surface area contributed by atoms with Gasteiger partial charge in [0.05, 0.1) is 30.2 Å². The lowest BCUT2D eigenvalue weighted by Gasteiger charge is -2.31. The normalized spacial score (nSPS) is 23.4. The van der Waals surface area contributed by atoms with Gasteiger partial charge in [0, 0.05) is 37.4 Å². The van der Waals surface area contributed by atoms with Crippen LogP contribution in [0.1, 0.15) is 69.3 Å². The summed E-state index contributed by atoms with van der Waals surface area (Å²) in [6, 6.07) is 9.30. The number of imidazole rings is 1. The van der Waals surface area contributed by atoms with E-state index < -0.39 is 6.43 Å². The van der Waals surface area contributed by atoms with E-state index in [0.29, 0.717) is 55.0 Å². The van der Waals surface area contributed by atoms with E-state index in [1.54, 1.807) is 18.2 Å². The minimum Gasteiger partial charge on any atom is -0.378 e. The Kier molecular flexibility index (Phi) is 9.24. The summed E-state index contributed by atoms with van der Waals surface area (Å²) >= 11 is 0. The first-order valence-corrected chi connectivity index (χ1v) is 15.5. The summed E-state index contributed by atoms with van der Waals surface area (Å²) in [4.78, 5) is 28.6. The van der Waals surface area contributed by atoms with Crippen LogP contribution in [0.4, 0.5) is 14.7 Å². The number of rotatable bonds is 9. The number of hydrogen-bond acceptors (Lipinski definition) is 7. The molecule has 3 aromatic rings. The molecule has 6 rings (SSSR count). The standard InChI is InChI=1S/C31H41F2N7O2/c32-28(33)29-37-25-8-1-2-9-26(25)40(29)27-19-24(36-31(38-27)39-15-17-42-18-16-39)7-3-5-21-10-12-23(13-11-21)35-30(41)22-6-4-14-34-20-22/h1-2,8-9,19,21-23,28,34H,3-7,10-18,20H2,(H,35,41)/t21?,22-,23?/m1/s1. The number of amides is 1. The molecule has 1 atom stereocenters. The largest absolute Gasteiger partial charge is 0.378 e. The van der Waals surface area contributed by atoms with Crippen molar-refractivity contribution in [3.05, 3.63) is 41.9 Å². The third-order valence-electron chi connectivity index (χ3n) is 8.96. The number of benzene rings is 1. The molecule has 1 saturated carbocycles. The first kappa shape index (κ1) is 28.9. The van der Waals surface area contributed by atoms with E-state index in [-0.39, 0.29) is 23.7 Å². The SMILES string of the molecule is O=C(NC1CCC(CCCc2cc(-n3c(C(F)F)nc4ccccc43)nc(N3CCOCC3)n2)CC1)[C@@H]1CCCNC1. The molecule has 1 aromatic carbocycles. The van der Waals surface area contributed by atoms with Crippen molar-refractivity contribution in [3.63, 3.8) is 0 Å². The number of anilines is 1. The van der Waals surface area contributed by atoms with E-state index in [1.807, 2.05) is 12.1 Å². The van der Waals surface area contributed by atoms with Crippen LogP contribution in [-0.2, 0) is 16.0 Å². The van der Waals surface area contributed by atoms with Gasteiger partial charge in [-0.25, -0.2) is 18.7 Å². The Morgan fingerprint density at radius 1 is 1.07 bits per heavy atom. The molecule has 3 aliphatic rings. The highest BCUT2D eigenvalue weighted by atomic mass is 19.3. The Morgan fingerprint density at radius 3 is 2.64 bits per heavy atom. The summed E-state index contributed by atoms with van der Waals surface area (Å²) in [6.45, 7) is 4.29. The van der Waals surface area contributed by atoms with Crippen molar-refractivity contribution in [2.24, 2.45) is 11.8 Å². The number of carbonyl (C=O) groups excluding carboxylic acids is 1. The predicted molar refractivity (Wildman–Crippen MR) is 157 cm³/mol. The number of hydrogen-bond donors (Lipinski definition) is 2. The van der Waals surface area contributed by atoms with Crippen LogP contribution in [0.15, 0.2) is 30.3 Å². The van der Waals surface area contributed by atoms with Crippen LogP contribution >= 0.6 is 0 Å². The highest BCUT2D eigenvalue weighted by molar-refractivity contribution is 5.79. The summed E-state index contributed by atoms with van der Waals surface area (Å²) in [5.74, 6) is 1.61. The maximum absolute atomic E-state index is 14.1. The predicted octanol–water partition coefficient (Wildman–Crippen LogP) is 4.59. The number of fused-ring (bicyclic) bond motifs is 1. The number of para-hydroxylation sites is 2. The zero-order chi connectivity index (χ0) is 28.9. The number of morpholine rings is 1. The van der Waals surface area contributed by atoms with Gasteiger partial charge in [-0.15, -0.1) is 0 Å². The van der Waals surface area contributed by atoms with Crippen molar-refractivity contribution in [1.82, 2.24) is 30.2 Å². The first-order chi connectivity index (χ1) is 20.5. The fraction of sp³-hybridized carbons (Fsp3) is 0.613. The van der Waals surface area contributed by atoms with Crippen molar-refractivity contribution >= 4 is 22.9 Å². The van der Waals surface area contributed by atoms with Crippen LogP contribution in [-0.4, -0.2) is 70.9 Å². The Morgan fingerprint density at radius 2 is 1.88 bits per heavy atom. The molecule has 3 fully saturated rings. The third-order valence-corrected chi connectivity index (χ3v) is 8.96. The van der Waals surface area contributed by atoms with Crippen molar-refractivity contribution < 1.29 is 18.3 Å². The van der Waals surface area contributed by atoms with E-state index in [4.69, 9.17) is 14.7 Å². The van der Waals surface area contributed by atoms with Crippen LogP contribution in [0.2, 0.25) is 0 Å². The molecule has 4 heterocycles. The molecule has 1 aliphatic carbocycles. The lowest BCUT2D eigenvalue weighted by molar-refractivity contribution is -0.126. The van der Waals surface area contributed by atoms with Gasteiger partial charge in [0.25, 0.3) is 6.43 Å². The molecule has 226 valence electrons. The monoisotopic (exact) mass is 581 g/mol. The summed E-state index contributed by atoms with van der Waals surface area (Å²) < 4.78 is 35.3.